The summed E-state index contributed by atoms with van der Waals surface area (Å²) < 4.78 is 0. The third-order valence-corrected chi connectivity index (χ3v) is 4.32. The Hall–Kier alpha value is -3.71. The minimum absolute atomic E-state index is 0.278. The van der Waals surface area contributed by atoms with Crippen LogP contribution in [0.4, 0.5) is 0 Å². The summed E-state index contributed by atoms with van der Waals surface area (Å²) in [7, 11) is 0. The molecule has 0 aromatic rings. The molecule has 0 saturated carbocycles. The highest BCUT2D eigenvalue weighted by Gasteiger charge is 2.34. The van der Waals surface area contributed by atoms with Gasteiger partial charge in [0.2, 0.25) is 11.7 Å². The Bertz CT molecular complexity index is 850. The van der Waals surface area contributed by atoms with Crippen LogP contribution in [0.2, 0.25) is 0 Å². The van der Waals surface area contributed by atoms with Crippen LogP contribution in [0.3, 0.4) is 0 Å². The molecule has 0 fully saturated rings. The topological polar surface area (TPSA) is 463 Å². The first-order valence-corrected chi connectivity index (χ1v) is 12.3. The quantitative estimate of drug-likeness (QED) is 0.0545. The van der Waals surface area contributed by atoms with Crippen LogP contribution in [0.15, 0.2) is 0 Å². The maximum Gasteiger partial charge on any atom is 0.321 e. The van der Waals surface area contributed by atoms with Gasteiger partial charge in [0.05, 0.1) is 26.1 Å². The maximum atomic E-state index is 11.0. The van der Waals surface area contributed by atoms with Crippen LogP contribution in [-0.2, 0) is 33.6 Å². The van der Waals surface area contributed by atoms with Crippen molar-refractivity contribution in [3.8, 4) is 0 Å². The normalized spacial score (nSPS) is 13.7. The highest BCUT2D eigenvalue weighted by molar-refractivity contribution is 6.38. The molecule has 0 aliphatic carbocycles. The molecular weight excluding hydrogens is 602 g/mol. The van der Waals surface area contributed by atoms with Crippen molar-refractivity contribution in [1.29, 1.82) is 0 Å². The van der Waals surface area contributed by atoms with Crippen molar-refractivity contribution in [2.75, 3.05) is 26.2 Å². The summed E-state index contributed by atoms with van der Waals surface area (Å²) in [6.45, 7) is 0.231. The van der Waals surface area contributed by atoms with Crippen molar-refractivity contribution in [2.45, 2.75) is 69.0 Å². The Labute approximate surface area is 251 Å². The number of rotatable bonds is 16. The lowest BCUT2D eigenvalue weighted by molar-refractivity contribution is -0.141. The molecule has 0 aliphatic rings. The molecule has 260 valence electrons. The Kier molecular flexibility index (Phi) is 34.9. The number of nitrogens with two attached hydrogens (primary N) is 7. The lowest BCUT2D eigenvalue weighted by Gasteiger charge is -2.24. The van der Waals surface area contributed by atoms with E-state index in [1.165, 1.54) is 0 Å². The fraction of sp³-hybridized carbons (Fsp3) is 0.682. The molecule has 1 amide bonds. The van der Waals surface area contributed by atoms with Gasteiger partial charge in [-0.1, -0.05) is 6.42 Å². The van der Waals surface area contributed by atoms with Crippen LogP contribution in [0.5, 0.6) is 0 Å². The third-order valence-electron chi connectivity index (χ3n) is 4.32. The number of primary amides is 1. The molecule has 0 bridgehead atoms. The molecule has 0 aromatic carbocycles. The van der Waals surface area contributed by atoms with E-state index in [1.54, 1.807) is 0 Å². The minimum Gasteiger partial charge on any atom is -0.480 e. The summed E-state index contributed by atoms with van der Waals surface area (Å²) in [5.74, 6) is -6.69. The standard InChI is InChI=1S/C8H15NO6.C6H14N2O2.C4H8N2O3.2C2H5NO2/c1-3(11)6(13)5(9)8(15)7(14)4(12)2-10;7-4-2-1-3-5(8)6(9)10;5-2(4(8)9)1-3(6)7;2*3-1-2(4)5/h4-5,7-8,10,12,14-15H,2,9H2,1H3;5H,1-4,7-8H2,(H,9,10);2H,1,5H2,(H2,6,7)(H,8,9);2*1,3H2,(H,4,5)/t4-,5+,7-,8-;5-;2-;;/m100../s1. The number of carbonyl (C=O) groups excluding carboxylic acids is 3. The molecule has 22 nitrogen and oxygen atoms in total. The van der Waals surface area contributed by atoms with Gasteiger partial charge in [-0.05, 0) is 19.4 Å². The van der Waals surface area contributed by atoms with Crippen LogP contribution < -0.4 is 40.1 Å². The number of aliphatic carboxylic acids is 4. The summed E-state index contributed by atoms with van der Waals surface area (Å²) in [5, 5.41) is 67.5. The first kappa shape index (κ1) is 49.9. The number of amides is 1. The number of aliphatic hydroxyl groups is 4. The average molecular weight is 650 g/mol. The number of hydrogen-bond acceptors (Lipinski definition) is 17. The smallest absolute Gasteiger partial charge is 0.321 e. The minimum atomic E-state index is -1.80. The Morgan fingerprint density at radius 2 is 1.07 bits per heavy atom. The number of carboxylic acids is 4. The largest absolute Gasteiger partial charge is 0.480 e. The molecule has 6 atom stereocenters. The highest BCUT2D eigenvalue weighted by Crippen LogP contribution is 2.04. The van der Waals surface area contributed by atoms with Gasteiger partial charge in [-0.3, -0.25) is 33.6 Å². The van der Waals surface area contributed by atoms with Gasteiger partial charge in [-0.2, -0.15) is 0 Å². The number of aliphatic hydroxyl groups excluding tert-OH is 4. The second kappa shape index (κ2) is 30.7. The third kappa shape index (κ3) is 34.5. The number of hydrogen-bond donors (Lipinski definition) is 15. The zero-order valence-corrected chi connectivity index (χ0v) is 24.1. The molecule has 0 saturated heterocycles. The summed E-state index contributed by atoms with van der Waals surface area (Å²) in [5.41, 5.74) is 34.3. The van der Waals surface area contributed by atoms with E-state index in [0.29, 0.717) is 13.0 Å². The number of ketones is 2. The lowest BCUT2D eigenvalue weighted by atomic mass is 9.97. The van der Waals surface area contributed by atoms with E-state index in [9.17, 15) is 43.8 Å². The van der Waals surface area contributed by atoms with Crippen molar-refractivity contribution in [3.63, 3.8) is 0 Å². The van der Waals surface area contributed by atoms with Gasteiger partial charge in [0, 0.05) is 6.92 Å². The predicted octanol–water partition coefficient (Wildman–Crippen LogP) is -7.59. The van der Waals surface area contributed by atoms with Crippen molar-refractivity contribution in [3.05, 3.63) is 0 Å². The molecule has 0 aliphatic heterocycles. The number of carboxylic acid groups (broad SMARTS) is 4. The van der Waals surface area contributed by atoms with Gasteiger partial charge < -0.3 is 81.0 Å². The number of unbranched alkanes of at least 4 members (excludes halogenated alkanes) is 1. The van der Waals surface area contributed by atoms with E-state index >= 15 is 0 Å². The second-order valence-electron chi connectivity index (χ2n) is 8.22. The van der Waals surface area contributed by atoms with E-state index < -0.39 is 84.4 Å². The van der Waals surface area contributed by atoms with Crippen LogP contribution in [0.1, 0.15) is 32.6 Å². The van der Waals surface area contributed by atoms with Crippen LogP contribution >= 0.6 is 0 Å². The van der Waals surface area contributed by atoms with E-state index in [4.69, 9.17) is 53.6 Å². The average Bonchev–Trinajstić information content (AvgIpc) is 2.95. The molecule has 44 heavy (non-hydrogen) atoms. The van der Waals surface area contributed by atoms with Gasteiger partial charge in [-0.25, -0.2) is 0 Å². The van der Waals surface area contributed by atoms with E-state index in [2.05, 4.69) is 17.2 Å². The Balaban J connectivity index is -0.000000154. The molecule has 22 heteroatoms. The van der Waals surface area contributed by atoms with Crippen molar-refractivity contribution in [2.24, 2.45) is 40.1 Å². The maximum absolute atomic E-state index is 11.0. The second-order valence-corrected chi connectivity index (χ2v) is 8.22. The van der Waals surface area contributed by atoms with Gasteiger partial charge in [0.25, 0.3) is 0 Å². The number of carbonyl (C=O) groups is 7. The molecule has 0 unspecified atom stereocenters. The molecule has 0 rings (SSSR count). The molecule has 0 aromatic heterocycles. The van der Waals surface area contributed by atoms with Crippen LogP contribution in [0.25, 0.3) is 0 Å². The molecule has 0 spiro atoms. The van der Waals surface area contributed by atoms with E-state index in [-0.39, 0.29) is 19.5 Å². The van der Waals surface area contributed by atoms with Gasteiger partial charge in [-0.15, -0.1) is 0 Å². The van der Waals surface area contributed by atoms with Gasteiger partial charge in [0.1, 0.15) is 36.4 Å². The summed E-state index contributed by atoms with van der Waals surface area (Å²) >= 11 is 0. The summed E-state index contributed by atoms with van der Waals surface area (Å²) in [6, 6.07) is -3.49. The lowest BCUT2D eigenvalue weighted by Crippen LogP contribution is -2.54. The predicted molar refractivity (Wildman–Crippen MR) is 150 cm³/mol. The van der Waals surface area contributed by atoms with E-state index in [0.717, 1.165) is 19.8 Å². The first-order chi connectivity index (χ1) is 20.1. The molecule has 22 N–H and O–H groups in total. The Morgan fingerprint density at radius 1 is 0.682 bits per heavy atom. The van der Waals surface area contributed by atoms with Gasteiger partial charge >= 0.3 is 23.9 Å². The first-order valence-electron chi connectivity index (χ1n) is 12.3. The van der Waals surface area contributed by atoms with Crippen LogP contribution in [0, 0.1) is 0 Å². The van der Waals surface area contributed by atoms with Crippen molar-refractivity contribution < 1.29 is 74.4 Å². The zero-order valence-electron chi connectivity index (χ0n) is 24.1. The van der Waals surface area contributed by atoms with Crippen LogP contribution in [-0.4, -0.2) is 145 Å². The molecule has 0 radical (unpaired) electrons. The monoisotopic (exact) mass is 649 g/mol. The highest BCUT2D eigenvalue weighted by atomic mass is 16.4. The summed E-state index contributed by atoms with van der Waals surface area (Å²) in [6.07, 6.45) is -3.35. The van der Waals surface area contributed by atoms with E-state index in [1.807, 2.05) is 0 Å². The van der Waals surface area contributed by atoms with Gasteiger partial charge in [0.15, 0.2) is 5.78 Å². The summed E-state index contributed by atoms with van der Waals surface area (Å²) in [4.78, 5) is 70.1. The SMILES string of the molecule is CC(=O)C(=O)[C@H](N)[C@@H](O)[C@H](O)[C@H](O)CO.NC(=O)C[C@H](N)C(=O)O.NCC(=O)O.NCC(=O)O.NCCCC[C@H](N)C(=O)O. The fourth-order valence-corrected chi connectivity index (χ4v) is 1.87. The Morgan fingerprint density at radius 3 is 1.30 bits per heavy atom. The molecule has 0 heterocycles. The zero-order chi connectivity index (χ0) is 36.2. The number of Topliss-reactive ketones (excluding diaryl/α,β-unsaturated/α-hetero) is 2. The molecular formula is C22H47N7O15. The van der Waals surface area contributed by atoms with Crippen molar-refractivity contribution in [1.82, 2.24) is 0 Å². The fourth-order valence-electron chi connectivity index (χ4n) is 1.87. The van der Waals surface area contributed by atoms with Crippen molar-refractivity contribution >= 4 is 41.4 Å².